The third-order valence-electron chi connectivity index (χ3n) is 4.58. The number of benzene rings is 2. The molecule has 1 unspecified atom stereocenters. The first-order chi connectivity index (χ1) is 13.2. The number of halogens is 1. The number of rotatable bonds is 5. The van der Waals surface area contributed by atoms with Gasteiger partial charge in [-0.1, -0.05) is 47.6 Å². The first-order valence-corrected chi connectivity index (χ1v) is 9.70. The highest BCUT2D eigenvalue weighted by molar-refractivity contribution is 9.10. The van der Waals surface area contributed by atoms with Gasteiger partial charge >= 0.3 is 6.01 Å². The van der Waals surface area contributed by atoms with Crippen LogP contribution in [-0.4, -0.2) is 29.2 Å². The van der Waals surface area contributed by atoms with E-state index in [9.17, 15) is 4.79 Å². The summed E-state index contributed by atoms with van der Waals surface area (Å²) in [5.41, 5.74) is 1.44. The van der Waals surface area contributed by atoms with E-state index in [0.717, 1.165) is 36.0 Å². The second-order valence-electron chi connectivity index (χ2n) is 6.41. The zero-order valence-electron chi connectivity index (χ0n) is 14.6. The van der Waals surface area contributed by atoms with Gasteiger partial charge in [0.2, 0.25) is 5.89 Å². The van der Waals surface area contributed by atoms with Crippen LogP contribution in [0, 0.1) is 0 Å². The Bertz CT molecular complexity index is 922. The monoisotopic (exact) mass is 426 g/mol. The molecule has 1 N–H and O–H groups in total. The number of aromatic nitrogens is 2. The van der Waals surface area contributed by atoms with E-state index < -0.39 is 6.04 Å². The third-order valence-corrected chi connectivity index (χ3v) is 5.27. The maximum Gasteiger partial charge on any atom is 0.318 e. The summed E-state index contributed by atoms with van der Waals surface area (Å²) in [5, 5.41) is 11.4. The topological polar surface area (TPSA) is 71.3 Å². The zero-order chi connectivity index (χ0) is 18.6. The lowest BCUT2D eigenvalue weighted by molar-refractivity contribution is 0.0937. The number of nitrogens with zero attached hydrogens (tertiary/aromatic N) is 3. The number of carbonyl (C=O) groups excluding carboxylic acids is 1. The summed E-state index contributed by atoms with van der Waals surface area (Å²) in [4.78, 5) is 14.9. The van der Waals surface area contributed by atoms with Crippen molar-refractivity contribution in [3.8, 4) is 0 Å². The zero-order valence-corrected chi connectivity index (χ0v) is 16.2. The summed E-state index contributed by atoms with van der Waals surface area (Å²) in [6.45, 7) is 1.84. The van der Waals surface area contributed by atoms with Crippen molar-refractivity contribution in [2.75, 3.05) is 18.0 Å². The first-order valence-electron chi connectivity index (χ1n) is 8.91. The van der Waals surface area contributed by atoms with Gasteiger partial charge in [0, 0.05) is 17.6 Å². The van der Waals surface area contributed by atoms with Crippen LogP contribution in [0.25, 0.3) is 0 Å². The predicted molar refractivity (Wildman–Crippen MR) is 106 cm³/mol. The van der Waals surface area contributed by atoms with Crippen LogP contribution < -0.4 is 10.2 Å². The molecule has 1 aliphatic heterocycles. The van der Waals surface area contributed by atoms with Gasteiger partial charge in [-0.2, -0.15) is 0 Å². The quantitative estimate of drug-likeness (QED) is 0.668. The predicted octanol–water partition coefficient (Wildman–Crippen LogP) is 3.95. The van der Waals surface area contributed by atoms with Gasteiger partial charge in [-0.15, -0.1) is 5.10 Å². The van der Waals surface area contributed by atoms with Crippen molar-refractivity contribution in [2.45, 2.75) is 18.9 Å². The van der Waals surface area contributed by atoms with Crippen LogP contribution in [-0.2, 0) is 0 Å². The Balaban J connectivity index is 1.64. The molecular formula is C20H19BrN4O2. The van der Waals surface area contributed by atoms with Crippen LogP contribution in [0.2, 0.25) is 0 Å². The summed E-state index contributed by atoms with van der Waals surface area (Å²) in [6, 6.07) is 16.9. The van der Waals surface area contributed by atoms with Crippen LogP contribution >= 0.6 is 15.9 Å². The summed E-state index contributed by atoms with van der Waals surface area (Å²) in [5.74, 6) is 0.167. The molecule has 1 fully saturated rings. The molecule has 0 aliphatic carbocycles. The Morgan fingerprint density at radius 1 is 1.04 bits per heavy atom. The number of carbonyl (C=O) groups is 1. The molecule has 138 valence electrons. The van der Waals surface area contributed by atoms with Crippen LogP contribution in [0.5, 0.6) is 0 Å². The summed E-state index contributed by atoms with van der Waals surface area (Å²) in [6.07, 6.45) is 2.25. The number of amides is 1. The van der Waals surface area contributed by atoms with Crippen LogP contribution in [0.4, 0.5) is 6.01 Å². The minimum Gasteiger partial charge on any atom is -0.405 e. The molecule has 0 spiro atoms. The standard InChI is InChI=1S/C20H19BrN4O2/c21-16-11-5-4-10-15(16)18(26)22-17(14-8-2-1-3-9-14)19-23-24-20(27-19)25-12-6-7-13-25/h1-5,8-11,17H,6-7,12-13H2,(H,22,26). The Hall–Kier alpha value is -2.67. The van der Waals surface area contributed by atoms with Gasteiger partial charge in [-0.25, -0.2) is 0 Å². The van der Waals surface area contributed by atoms with Crippen molar-refractivity contribution in [3.63, 3.8) is 0 Å². The van der Waals surface area contributed by atoms with E-state index in [1.165, 1.54) is 0 Å². The van der Waals surface area contributed by atoms with Crippen LogP contribution in [0.15, 0.2) is 63.5 Å². The number of nitrogens with one attached hydrogen (secondary N) is 1. The summed E-state index contributed by atoms with van der Waals surface area (Å²) >= 11 is 3.43. The lowest BCUT2D eigenvalue weighted by Crippen LogP contribution is -2.29. The Labute approximate surface area is 165 Å². The van der Waals surface area contributed by atoms with Gasteiger partial charge in [-0.05, 0) is 46.5 Å². The SMILES string of the molecule is O=C(NC(c1ccccc1)c1nnc(N2CCCC2)o1)c1ccccc1Br. The van der Waals surface area contributed by atoms with Crippen molar-refractivity contribution in [1.29, 1.82) is 0 Å². The van der Waals surface area contributed by atoms with E-state index in [0.29, 0.717) is 17.5 Å². The second kappa shape index (κ2) is 7.92. The fourth-order valence-electron chi connectivity index (χ4n) is 3.17. The van der Waals surface area contributed by atoms with Crippen LogP contribution in [0.1, 0.15) is 40.7 Å². The van der Waals surface area contributed by atoms with E-state index in [-0.39, 0.29) is 5.91 Å². The highest BCUT2D eigenvalue weighted by atomic mass is 79.9. The van der Waals surface area contributed by atoms with Crippen molar-refractivity contribution in [2.24, 2.45) is 0 Å². The van der Waals surface area contributed by atoms with E-state index in [1.807, 2.05) is 48.5 Å². The maximum atomic E-state index is 12.8. The molecule has 1 saturated heterocycles. The van der Waals surface area contributed by atoms with E-state index in [4.69, 9.17) is 4.42 Å². The molecule has 7 heteroatoms. The second-order valence-corrected chi connectivity index (χ2v) is 7.27. The minimum absolute atomic E-state index is 0.211. The average Bonchev–Trinajstić information content (AvgIpc) is 3.38. The van der Waals surface area contributed by atoms with E-state index in [2.05, 4.69) is 36.3 Å². The van der Waals surface area contributed by atoms with E-state index >= 15 is 0 Å². The molecule has 0 bridgehead atoms. The van der Waals surface area contributed by atoms with Crippen molar-refractivity contribution < 1.29 is 9.21 Å². The Kier molecular flexibility index (Phi) is 5.20. The Morgan fingerprint density at radius 2 is 1.74 bits per heavy atom. The highest BCUT2D eigenvalue weighted by Crippen LogP contribution is 2.26. The van der Waals surface area contributed by atoms with Gasteiger partial charge in [0.1, 0.15) is 6.04 Å². The molecule has 1 amide bonds. The van der Waals surface area contributed by atoms with Crippen molar-refractivity contribution >= 4 is 27.9 Å². The van der Waals surface area contributed by atoms with Gasteiger partial charge in [0.25, 0.3) is 5.91 Å². The molecule has 4 rings (SSSR count). The molecule has 1 atom stereocenters. The van der Waals surface area contributed by atoms with Crippen LogP contribution in [0.3, 0.4) is 0 Å². The fraction of sp³-hybridized carbons (Fsp3) is 0.250. The molecule has 6 nitrogen and oxygen atoms in total. The van der Waals surface area contributed by atoms with E-state index in [1.54, 1.807) is 6.07 Å². The van der Waals surface area contributed by atoms with Crippen molar-refractivity contribution in [3.05, 3.63) is 76.1 Å². The lowest BCUT2D eigenvalue weighted by atomic mass is 10.1. The summed E-state index contributed by atoms with van der Waals surface area (Å²) in [7, 11) is 0. The lowest BCUT2D eigenvalue weighted by Gasteiger charge is -2.17. The number of hydrogen-bond donors (Lipinski definition) is 1. The fourth-order valence-corrected chi connectivity index (χ4v) is 3.63. The molecule has 1 aliphatic rings. The first kappa shape index (κ1) is 17.7. The minimum atomic E-state index is -0.519. The molecule has 2 aromatic carbocycles. The van der Waals surface area contributed by atoms with Crippen molar-refractivity contribution in [1.82, 2.24) is 15.5 Å². The molecule has 27 heavy (non-hydrogen) atoms. The number of hydrogen-bond acceptors (Lipinski definition) is 5. The highest BCUT2D eigenvalue weighted by Gasteiger charge is 2.26. The third kappa shape index (κ3) is 3.88. The normalized spacial score (nSPS) is 14.9. The molecule has 0 saturated carbocycles. The molecule has 1 aromatic heterocycles. The number of anilines is 1. The van der Waals surface area contributed by atoms with Gasteiger partial charge in [0.15, 0.2) is 0 Å². The molecule has 0 radical (unpaired) electrons. The van der Waals surface area contributed by atoms with Gasteiger partial charge < -0.3 is 14.6 Å². The molecular weight excluding hydrogens is 408 g/mol. The van der Waals surface area contributed by atoms with Gasteiger partial charge in [-0.3, -0.25) is 4.79 Å². The smallest absolute Gasteiger partial charge is 0.318 e. The largest absolute Gasteiger partial charge is 0.405 e. The maximum absolute atomic E-state index is 12.8. The van der Waals surface area contributed by atoms with Gasteiger partial charge in [0.05, 0.1) is 5.56 Å². The molecule has 2 heterocycles. The molecule has 3 aromatic rings. The summed E-state index contributed by atoms with van der Waals surface area (Å²) < 4.78 is 6.66. The Morgan fingerprint density at radius 3 is 2.48 bits per heavy atom. The average molecular weight is 427 g/mol.